The Labute approximate surface area is 133 Å². The topological polar surface area (TPSA) is 72.6 Å². The van der Waals surface area contributed by atoms with Crippen LogP contribution in [0.4, 0.5) is 0 Å². The molecule has 0 amide bonds. The maximum absolute atomic E-state index is 11.1. The number of ether oxygens (including phenoxy) is 1. The molecule has 2 N–H and O–H groups in total. The summed E-state index contributed by atoms with van der Waals surface area (Å²) in [6.07, 6.45) is 2.81. The van der Waals surface area contributed by atoms with Gasteiger partial charge in [-0.1, -0.05) is 25.1 Å². The van der Waals surface area contributed by atoms with Crippen LogP contribution in [0.3, 0.4) is 0 Å². The van der Waals surface area contributed by atoms with Crippen molar-refractivity contribution in [3.8, 4) is 5.75 Å². The second-order valence-corrected chi connectivity index (χ2v) is 7.89. The van der Waals surface area contributed by atoms with Crippen LogP contribution in [0.5, 0.6) is 5.75 Å². The summed E-state index contributed by atoms with van der Waals surface area (Å²) in [4.78, 5) is 2.37. The van der Waals surface area contributed by atoms with Gasteiger partial charge in [-0.25, -0.2) is 13.6 Å². The third-order valence-electron chi connectivity index (χ3n) is 4.29. The molecule has 0 unspecified atom stereocenters. The molecule has 0 radical (unpaired) electrons. The van der Waals surface area contributed by atoms with Crippen LogP contribution in [-0.2, 0) is 10.0 Å². The van der Waals surface area contributed by atoms with Gasteiger partial charge in [-0.05, 0) is 37.8 Å². The lowest BCUT2D eigenvalue weighted by atomic mass is 9.89. The van der Waals surface area contributed by atoms with Crippen LogP contribution >= 0.6 is 0 Å². The summed E-state index contributed by atoms with van der Waals surface area (Å²) in [5.41, 5.74) is 1.19. The van der Waals surface area contributed by atoms with Crippen molar-refractivity contribution < 1.29 is 13.2 Å². The Morgan fingerprint density at radius 3 is 2.73 bits per heavy atom. The molecule has 1 heterocycles. The Kier molecular flexibility index (Phi) is 5.83. The van der Waals surface area contributed by atoms with Crippen molar-refractivity contribution in [3.05, 3.63) is 29.8 Å². The number of para-hydroxylation sites is 1. The van der Waals surface area contributed by atoms with E-state index >= 15 is 0 Å². The van der Waals surface area contributed by atoms with Gasteiger partial charge in [0, 0.05) is 18.2 Å². The molecule has 1 aliphatic heterocycles. The van der Waals surface area contributed by atoms with Gasteiger partial charge in [-0.15, -0.1) is 0 Å². The van der Waals surface area contributed by atoms with E-state index in [9.17, 15) is 8.42 Å². The largest absolute Gasteiger partial charge is 0.496 e. The van der Waals surface area contributed by atoms with Crippen molar-refractivity contribution in [2.24, 2.45) is 11.1 Å². The van der Waals surface area contributed by atoms with Gasteiger partial charge in [0.15, 0.2) is 0 Å². The van der Waals surface area contributed by atoms with Crippen LogP contribution in [0.25, 0.3) is 0 Å². The number of nitrogens with two attached hydrogens (primary N) is 1. The molecule has 0 aromatic heterocycles. The maximum Gasteiger partial charge on any atom is 0.209 e. The van der Waals surface area contributed by atoms with Crippen LogP contribution in [-0.4, -0.2) is 39.3 Å². The summed E-state index contributed by atoms with van der Waals surface area (Å²) in [6, 6.07) is 8.37. The number of benzene rings is 1. The average Bonchev–Trinajstić information content (AvgIpc) is 2.46. The molecule has 1 fully saturated rings. The standard InChI is InChI=1S/C16H26N2O3S/c1-13-8-9-15(14-6-3-4-7-16(14)21-2)18(12-13)10-5-11-22(17,19)20/h3-4,6-7,13,15H,5,8-12H2,1-2H3,(H2,17,19,20)/t13-,15+/m0/s1. The first kappa shape index (κ1) is 17.2. The van der Waals surface area contributed by atoms with Gasteiger partial charge in [-0.2, -0.15) is 0 Å². The molecule has 1 saturated heterocycles. The van der Waals surface area contributed by atoms with E-state index in [2.05, 4.69) is 17.9 Å². The number of sulfonamides is 1. The van der Waals surface area contributed by atoms with Gasteiger partial charge in [0.25, 0.3) is 0 Å². The Bertz CT molecular complexity index is 589. The van der Waals surface area contributed by atoms with Gasteiger partial charge in [0.1, 0.15) is 5.75 Å². The van der Waals surface area contributed by atoms with Gasteiger partial charge in [-0.3, -0.25) is 4.90 Å². The van der Waals surface area contributed by atoms with Crippen molar-refractivity contribution >= 4 is 10.0 Å². The lowest BCUT2D eigenvalue weighted by Gasteiger charge is -2.39. The van der Waals surface area contributed by atoms with E-state index in [0.29, 0.717) is 12.3 Å². The molecule has 124 valence electrons. The van der Waals surface area contributed by atoms with Crippen LogP contribution in [0.1, 0.15) is 37.8 Å². The Hall–Kier alpha value is -1.11. The second-order valence-electron chi connectivity index (χ2n) is 6.16. The lowest BCUT2D eigenvalue weighted by molar-refractivity contribution is 0.112. The Morgan fingerprint density at radius 2 is 2.05 bits per heavy atom. The summed E-state index contributed by atoms with van der Waals surface area (Å²) < 4.78 is 27.7. The molecule has 1 aliphatic rings. The third kappa shape index (κ3) is 4.69. The van der Waals surface area contributed by atoms with Crippen molar-refractivity contribution in [3.63, 3.8) is 0 Å². The number of hydrogen-bond acceptors (Lipinski definition) is 4. The molecule has 2 atom stereocenters. The molecular weight excluding hydrogens is 300 g/mol. The zero-order valence-electron chi connectivity index (χ0n) is 13.4. The summed E-state index contributed by atoms with van der Waals surface area (Å²) in [5.74, 6) is 1.57. The number of piperidine rings is 1. The predicted molar refractivity (Wildman–Crippen MR) is 88.3 cm³/mol. The molecule has 1 aromatic rings. The molecule has 2 rings (SSSR count). The highest BCUT2D eigenvalue weighted by Gasteiger charge is 2.29. The summed E-state index contributed by atoms with van der Waals surface area (Å²) in [5, 5.41) is 5.10. The number of methoxy groups -OCH3 is 1. The first-order chi connectivity index (χ1) is 10.4. The third-order valence-corrected chi connectivity index (χ3v) is 5.15. The predicted octanol–water partition coefficient (Wildman–Crippen LogP) is 2.15. The average molecular weight is 326 g/mol. The molecule has 1 aromatic carbocycles. The quantitative estimate of drug-likeness (QED) is 0.869. The van der Waals surface area contributed by atoms with Gasteiger partial charge >= 0.3 is 0 Å². The summed E-state index contributed by atoms with van der Waals surface area (Å²) >= 11 is 0. The minimum absolute atomic E-state index is 0.0382. The molecular formula is C16H26N2O3S. The minimum atomic E-state index is -3.38. The van der Waals surface area contributed by atoms with Crippen LogP contribution in [0.2, 0.25) is 0 Å². The molecule has 0 spiro atoms. The number of rotatable bonds is 6. The molecule has 5 nitrogen and oxygen atoms in total. The van der Waals surface area contributed by atoms with E-state index < -0.39 is 10.0 Å². The van der Waals surface area contributed by atoms with E-state index in [1.807, 2.05) is 18.2 Å². The second kappa shape index (κ2) is 7.44. The number of hydrogen-bond donors (Lipinski definition) is 1. The molecule has 0 saturated carbocycles. The first-order valence-electron chi connectivity index (χ1n) is 7.78. The lowest BCUT2D eigenvalue weighted by Crippen LogP contribution is -2.38. The Balaban J connectivity index is 2.12. The normalized spacial score (nSPS) is 23.4. The van der Waals surface area contributed by atoms with Crippen molar-refractivity contribution in [1.82, 2.24) is 4.90 Å². The molecule has 22 heavy (non-hydrogen) atoms. The highest BCUT2D eigenvalue weighted by molar-refractivity contribution is 7.89. The summed E-state index contributed by atoms with van der Waals surface area (Å²) in [6.45, 7) is 3.96. The van der Waals surface area contributed by atoms with E-state index in [1.54, 1.807) is 7.11 Å². The van der Waals surface area contributed by atoms with Crippen molar-refractivity contribution in [2.75, 3.05) is 26.0 Å². The van der Waals surface area contributed by atoms with Crippen LogP contribution < -0.4 is 9.88 Å². The zero-order valence-corrected chi connectivity index (χ0v) is 14.2. The minimum Gasteiger partial charge on any atom is -0.496 e. The van der Waals surface area contributed by atoms with E-state index in [-0.39, 0.29) is 11.8 Å². The molecule has 6 heteroatoms. The smallest absolute Gasteiger partial charge is 0.209 e. The fourth-order valence-corrected chi connectivity index (χ4v) is 3.79. The molecule has 0 bridgehead atoms. The SMILES string of the molecule is COc1ccccc1[C@H]1CC[C@H](C)CN1CCCS(N)(=O)=O. The summed E-state index contributed by atoms with van der Waals surface area (Å²) in [7, 11) is -1.69. The van der Waals surface area contributed by atoms with Crippen molar-refractivity contribution in [2.45, 2.75) is 32.2 Å². The van der Waals surface area contributed by atoms with Gasteiger partial charge in [0.2, 0.25) is 10.0 Å². The fourth-order valence-electron chi connectivity index (χ4n) is 3.25. The van der Waals surface area contributed by atoms with E-state index in [1.165, 1.54) is 12.0 Å². The monoisotopic (exact) mass is 326 g/mol. The zero-order chi connectivity index (χ0) is 16.2. The van der Waals surface area contributed by atoms with Crippen LogP contribution in [0, 0.1) is 5.92 Å². The highest BCUT2D eigenvalue weighted by Crippen LogP contribution is 2.37. The van der Waals surface area contributed by atoms with Gasteiger partial charge < -0.3 is 4.74 Å². The number of likely N-dealkylation sites (tertiary alicyclic amines) is 1. The van der Waals surface area contributed by atoms with E-state index in [0.717, 1.165) is 25.3 Å². The van der Waals surface area contributed by atoms with Crippen LogP contribution in [0.15, 0.2) is 24.3 Å². The Morgan fingerprint density at radius 1 is 1.32 bits per heavy atom. The van der Waals surface area contributed by atoms with E-state index in [4.69, 9.17) is 9.88 Å². The first-order valence-corrected chi connectivity index (χ1v) is 9.49. The highest BCUT2D eigenvalue weighted by atomic mass is 32.2. The fraction of sp³-hybridized carbons (Fsp3) is 0.625. The number of nitrogens with zero attached hydrogens (tertiary/aromatic N) is 1. The molecule has 0 aliphatic carbocycles. The van der Waals surface area contributed by atoms with Gasteiger partial charge in [0.05, 0.1) is 12.9 Å². The van der Waals surface area contributed by atoms with Crippen molar-refractivity contribution in [1.29, 1.82) is 0 Å². The maximum atomic E-state index is 11.1. The number of primary sulfonamides is 1.